The smallest absolute Gasteiger partial charge is 0.338 e. The molecule has 0 radical (unpaired) electrons. The quantitative estimate of drug-likeness (QED) is 0.637. The van der Waals surface area contributed by atoms with Gasteiger partial charge in [0.1, 0.15) is 5.57 Å². The van der Waals surface area contributed by atoms with Gasteiger partial charge in [0.15, 0.2) is 5.78 Å². The van der Waals surface area contributed by atoms with E-state index in [1.807, 2.05) is 0 Å². The summed E-state index contributed by atoms with van der Waals surface area (Å²) < 4.78 is 77.5. The van der Waals surface area contributed by atoms with E-state index in [2.05, 4.69) is 19.9 Å². The number of allylic oxidation sites excluding steroid dienone is 2. The molecule has 0 amide bonds. The summed E-state index contributed by atoms with van der Waals surface area (Å²) in [4.78, 5) is 27.8. The lowest BCUT2D eigenvalue weighted by Crippen LogP contribution is -2.46. The second-order valence-electron chi connectivity index (χ2n) is 7.98. The van der Waals surface area contributed by atoms with Crippen molar-refractivity contribution >= 4 is 17.3 Å². The number of carbonyl (C=O) groups excluding carboxylic acids is 1. The van der Waals surface area contributed by atoms with Gasteiger partial charge in [-0.3, -0.25) is 14.7 Å². The van der Waals surface area contributed by atoms with Crippen LogP contribution in [-0.2, 0) is 23.9 Å². The number of alkyl halides is 6. The van der Waals surface area contributed by atoms with Crippen LogP contribution < -0.4 is 4.90 Å². The fraction of sp³-hybridized carbons (Fsp3) is 0.429. The van der Waals surface area contributed by atoms with Crippen molar-refractivity contribution in [2.75, 3.05) is 31.1 Å². The van der Waals surface area contributed by atoms with E-state index in [9.17, 15) is 31.1 Å². The summed E-state index contributed by atoms with van der Waals surface area (Å²) in [5.41, 5.74) is -0.781. The predicted molar refractivity (Wildman–Crippen MR) is 106 cm³/mol. The molecule has 2 aromatic heterocycles. The average molecular weight is 471 g/mol. The van der Waals surface area contributed by atoms with E-state index in [0.29, 0.717) is 38.3 Å². The summed E-state index contributed by atoms with van der Waals surface area (Å²) in [6, 6.07) is 1.71. The molecule has 1 aliphatic carbocycles. The van der Waals surface area contributed by atoms with Crippen molar-refractivity contribution in [3.05, 3.63) is 52.6 Å². The maximum atomic E-state index is 13.2. The van der Waals surface area contributed by atoms with Crippen LogP contribution in [0.5, 0.6) is 0 Å². The van der Waals surface area contributed by atoms with Gasteiger partial charge in [-0.25, -0.2) is 9.97 Å². The minimum absolute atomic E-state index is 0.162. The molecule has 0 saturated carbocycles. The van der Waals surface area contributed by atoms with Crippen molar-refractivity contribution in [3.8, 4) is 0 Å². The summed E-state index contributed by atoms with van der Waals surface area (Å²) in [5, 5.41) is 0. The minimum atomic E-state index is -4.71. The molecule has 176 valence electrons. The number of hydrogen-bond donors (Lipinski definition) is 0. The number of hydrogen-bond acceptors (Lipinski definition) is 6. The largest absolute Gasteiger partial charge is 0.420 e. The first-order chi connectivity index (χ1) is 15.4. The zero-order chi connectivity index (χ0) is 24.0. The van der Waals surface area contributed by atoms with Crippen molar-refractivity contribution in [2.45, 2.75) is 32.2 Å². The molecule has 3 heterocycles. The van der Waals surface area contributed by atoms with Gasteiger partial charge < -0.3 is 4.90 Å². The van der Waals surface area contributed by atoms with Gasteiger partial charge in [-0.2, -0.15) is 26.3 Å². The van der Waals surface area contributed by atoms with E-state index in [1.54, 1.807) is 11.0 Å². The Morgan fingerprint density at radius 2 is 1.55 bits per heavy atom. The number of fused-ring (bicyclic) bond motifs is 1. The molecule has 0 bridgehead atoms. The summed E-state index contributed by atoms with van der Waals surface area (Å²) in [6.45, 7) is 3.89. The van der Waals surface area contributed by atoms with Crippen LogP contribution in [0.15, 0.2) is 30.2 Å². The second-order valence-corrected chi connectivity index (χ2v) is 7.98. The fourth-order valence-electron chi connectivity index (χ4n) is 4.07. The minimum Gasteiger partial charge on any atom is -0.338 e. The summed E-state index contributed by atoms with van der Waals surface area (Å²) in [6.07, 6.45) is -6.52. The Bertz CT molecular complexity index is 1090. The molecule has 6 nitrogen and oxygen atoms in total. The maximum Gasteiger partial charge on any atom is 0.420 e. The van der Waals surface area contributed by atoms with E-state index < -0.39 is 29.3 Å². The lowest BCUT2D eigenvalue weighted by atomic mass is 9.88. The Hall–Kier alpha value is -3.02. The van der Waals surface area contributed by atoms with Gasteiger partial charge in [0.25, 0.3) is 0 Å². The normalized spacial score (nSPS) is 18.0. The van der Waals surface area contributed by atoms with E-state index in [1.165, 1.54) is 13.1 Å². The fourth-order valence-corrected chi connectivity index (χ4v) is 4.07. The van der Waals surface area contributed by atoms with E-state index in [-0.39, 0.29) is 23.6 Å². The van der Waals surface area contributed by atoms with Gasteiger partial charge in [0.2, 0.25) is 5.95 Å². The van der Waals surface area contributed by atoms with Crippen molar-refractivity contribution < 1.29 is 31.1 Å². The molecule has 33 heavy (non-hydrogen) atoms. The topological polar surface area (TPSA) is 62.2 Å². The molecule has 0 spiro atoms. The number of halogens is 6. The number of pyridine rings is 1. The number of ketones is 1. The van der Waals surface area contributed by atoms with Crippen LogP contribution in [0.25, 0.3) is 5.57 Å². The third kappa shape index (κ3) is 4.85. The Morgan fingerprint density at radius 3 is 2.12 bits per heavy atom. The van der Waals surface area contributed by atoms with Crippen LogP contribution in [0, 0.1) is 0 Å². The number of aromatic nitrogens is 3. The maximum absolute atomic E-state index is 13.2. The zero-order valence-electron chi connectivity index (χ0n) is 17.5. The third-order valence-corrected chi connectivity index (χ3v) is 5.69. The van der Waals surface area contributed by atoms with Gasteiger partial charge in [0, 0.05) is 57.7 Å². The number of nitrogens with zero attached hydrogens (tertiary/aromatic N) is 5. The molecule has 2 aliphatic rings. The lowest BCUT2D eigenvalue weighted by Gasteiger charge is -2.34. The Balaban J connectivity index is 1.40. The van der Waals surface area contributed by atoms with E-state index >= 15 is 0 Å². The first kappa shape index (κ1) is 23.1. The molecule has 1 saturated heterocycles. The molecular formula is C21H19F6N5O. The first-order valence-electron chi connectivity index (χ1n) is 10.1. The number of piperazine rings is 1. The third-order valence-electron chi connectivity index (χ3n) is 5.69. The molecule has 4 rings (SSSR count). The van der Waals surface area contributed by atoms with Gasteiger partial charge in [-0.05, 0) is 23.6 Å². The highest BCUT2D eigenvalue weighted by Gasteiger charge is 2.43. The van der Waals surface area contributed by atoms with Crippen LogP contribution in [-0.4, -0.2) is 58.0 Å². The van der Waals surface area contributed by atoms with Crippen molar-refractivity contribution in [2.24, 2.45) is 0 Å². The Morgan fingerprint density at radius 1 is 0.909 bits per heavy atom. The van der Waals surface area contributed by atoms with Crippen LogP contribution >= 0.6 is 0 Å². The molecule has 1 fully saturated rings. The predicted octanol–water partition coefficient (Wildman–Crippen LogP) is 3.67. The van der Waals surface area contributed by atoms with Crippen molar-refractivity contribution in [1.82, 2.24) is 19.9 Å². The average Bonchev–Trinajstić information content (AvgIpc) is 2.72. The van der Waals surface area contributed by atoms with Crippen molar-refractivity contribution in [3.63, 3.8) is 0 Å². The van der Waals surface area contributed by atoms with E-state index in [4.69, 9.17) is 0 Å². The summed E-state index contributed by atoms with van der Waals surface area (Å²) in [5.74, 6) is -0.740. The monoisotopic (exact) mass is 471 g/mol. The number of rotatable bonds is 3. The Kier molecular flexibility index (Phi) is 5.89. The second kappa shape index (κ2) is 8.40. The Labute approximate surface area is 184 Å². The lowest BCUT2D eigenvalue weighted by molar-refractivity contribution is -0.138. The molecule has 0 aromatic carbocycles. The molecule has 1 aliphatic heterocycles. The van der Waals surface area contributed by atoms with Crippen molar-refractivity contribution in [1.29, 1.82) is 0 Å². The van der Waals surface area contributed by atoms with Gasteiger partial charge in [-0.15, -0.1) is 0 Å². The van der Waals surface area contributed by atoms with Crippen LogP contribution in [0.1, 0.15) is 29.3 Å². The number of Topliss-reactive ketones (excluding diaryl/α,β-unsaturated/α-hetero) is 1. The first-order valence-corrected chi connectivity index (χ1v) is 10.1. The SMILES string of the molecule is CC1=C(C(F)(F)F)C(=O)Cc2cc(CN3CCN(c4ncc(C(F)(F)F)cn4)CC3)cnc21. The molecular weight excluding hydrogens is 452 g/mol. The van der Waals surface area contributed by atoms with Crippen LogP contribution in [0.3, 0.4) is 0 Å². The standard InChI is InChI=1S/C21H19F6N5O/c1-12-17(21(25,26)27)16(33)7-14-6-13(8-28-18(12)14)11-31-2-4-32(5-3-31)19-29-9-15(10-30-19)20(22,23)24/h6,8-10H,2-5,7,11H2,1H3. The molecule has 12 heteroatoms. The van der Waals surface area contributed by atoms with Gasteiger partial charge in [-0.1, -0.05) is 6.07 Å². The van der Waals surface area contributed by atoms with Crippen LogP contribution in [0.4, 0.5) is 32.3 Å². The van der Waals surface area contributed by atoms with Gasteiger partial charge >= 0.3 is 12.4 Å². The summed E-state index contributed by atoms with van der Waals surface area (Å²) in [7, 11) is 0. The molecule has 0 N–H and O–H groups in total. The molecule has 0 unspecified atom stereocenters. The molecule has 0 atom stereocenters. The highest BCUT2D eigenvalue weighted by molar-refractivity contribution is 6.07. The highest BCUT2D eigenvalue weighted by atomic mass is 19.4. The summed E-state index contributed by atoms with van der Waals surface area (Å²) >= 11 is 0. The zero-order valence-corrected chi connectivity index (χ0v) is 17.5. The van der Waals surface area contributed by atoms with Crippen LogP contribution in [0.2, 0.25) is 0 Å². The number of carbonyl (C=O) groups is 1. The highest BCUT2D eigenvalue weighted by Crippen LogP contribution is 2.37. The van der Waals surface area contributed by atoms with E-state index in [0.717, 1.165) is 18.0 Å². The molecule has 2 aromatic rings. The van der Waals surface area contributed by atoms with Gasteiger partial charge in [0.05, 0.1) is 11.3 Å². The number of anilines is 1.